The zero-order valence-electron chi connectivity index (χ0n) is 13.3. The molecule has 1 aromatic carbocycles. The lowest BCUT2D eigenvalue weighted by Crippen LogP contribution is -2.26. The van der Waals surface area contributed by atoms with Crippen molar-refractivity contribution in [2.75, 3.05) is 4.72 Å². The summed E-state index contributed by atoms with van der Waals surface area (Å²) in [7, 11) is -1.55. The molecule has 7 heteroatoms. The first-order chi connectivity index (χ1) is 10.3. The minimum Gasteiger partial charge on any atom is -0.317 e. The number of sulfonamides is 1. The molecule has 0 saturated heterocycles. The van der Waals surface area contributed by atoms with Gasteiger partial charge in [0, 0.05) is 18.3 Å². The topological polar surface area (TPSA) is 76.9 Å². The molecule has 0 aliphatic rings. The number of rotatable bonds is 6. The van der Waals surface area contributed by atoms with Gasteiger partial charge in [0.15, 0.2) is 5.82 Å². The van der Waals surface area contributed by atoms with Crippen LogP contribution in [0.25, 0.3) is 11.4 Å². The van der Waals surface area contributed by atoms with Crippen LogP contribution < -0.4 is 4.72 Å². The first-order valence-corrected chi connectivity index (χ1v) is 8.80. The Balaban J connectivity index is 2.22. The number of nitrogens with zero attached hydrogens (tertiary/aromatic N) is 3. The zero-order chi connectivity index (χ0) is 16.3. The molecule has 120 valence electrons. The zero-order valence-corrected chi connectivity index (χ0v) is 14.1. The average molecular weight is 322 g/mol. The van der Waals surface area contributed by atoms with Crippen molar-refractivity contribution in [2.24, 2.45) is 13.0 Å². The summed E-state index contributed by atoms with van der Waals surface area (Å²) in [4.78, 5) is 0. The van der Waals surface area contributed by atoms with E-state index in [0.29, 0.717) is 23.9 Å². The highest BCUT2D eigenvalue weighted by molar-refractivity contribution is 7.93. The van der Waals surface area contributed by atoms with Gasteiger partial charge in [-0.05, 0) is 31.4 Å². The highest BCUT2D eigenvalue weighted by Gasteiger charge is 2.21. The monoisotopic (exact) mass is 322 g/mol. The number of nitrogens with one attached hydrogen (secondary N) is 1. The fourth-order valence-electron chi connectivity index (χ4n) is 2.32. The van der Waals surface area contributed by atoms with Gasteiger partial charge in [-0.3, -0.25) is 4.72 Å². The maximum atomic E-state index is 12.4. The first kappa shape index (κ1) is 16.5. The lowest BCUT2D eigenvalue weighted by atomic mass is 10.1. The normalized spacial score (nSPS) is 13.3. The van der Waals surface area contributed by atoms with Crippen LogP contribution in [-0.2, 0) is 17.1 Å². The second-order valence-electron chi connectivity index (χ2n) is 5.93. The highest BCUT2D eigenvalue weighted by atomic mass is 32.2. The molecule has 0 saturated carbocycles. The summed E-state index contributed by atoms with van der Waals surface area (Å²) in [6, 6.07) is 7.18. The number of benzene rings is 1. The van der Waals surface area contributed by atoms with Crippen molar-refractivity contribution in [1.82, 2.24) is 14.8 Å². The van der Waals surface area contributed by atoms with E-state index in [1.165, 1.54) is 0 Å². The molecule has 1 heterocycles. The number of aromatic nitrogens is 3. The third-order valence-corrected chi connectivity index (χ3v) is 5.20. The Morgan fingerprint density at radius 1 is 1.27 bits per heavy atom. The van der Waals surface area contributed by atoms with Crippen molar-refractivity contribution >= 4 is 15.7 Å². The van der Waals surface area contributed by atoms with Crippen molar-refractivity contribution in [1.29, 1.82) is 0 Å². The van der Waals surface area contributed by atoms with Crippen LogP contribution in [-0.4, -0.2) is 28.4 Å². The third-order valence-electron chi connectivity index (χ3n) is 3.43. The third kappa shape index (κ3) is 3.85. The molecule has 2 rings (SSSR count). The van der Waals surface area contributed by atoms with E-state index in [-0.39, 0.29) is 0 Å². The van der Waals surface area contributed by atoms with E-state index in [1.54, 1.807) is 36.0 Å². The average Bonchev–Trinajstić information content (AvgIpc) is 2.84. The Kier molecular flexibility index (Phi) is 4.85. The summed E-state index contributed by atoms with van der Waals surface area (Å²) in [5, 5.41) is 7.43. The molecule has 0 aliphatic heterocycles. The van der Waals surface area contributed by atoms with Crippen LogP contribution in [0.1, 0.15) is 27.2 Å². The number of hydrogen-bond donors (Lipinski definition) is 1. The standard InChI is InChI=1S/C15H22N4O2S/c1-11(2)8-12(3)22(20,21)18-14-7-5-6-13(9-14)15-17-16-10-19(15)4/h5-7,9-12,18H,8H2,1-4H3/t12-/m1/s1. The SMILES string of the molecule is CC(C)C[C@@H](C)S(=O)(=O)Nc1cccc(-c2nncn2C)c1. The molecular weight excluding hydrogens is 300 g/mol. The van der Waals surface area contributed by atoms with E-state index in [2.05, 4.69) is 14.9 Å². The highest BCUT2D eigenvalue weighted by Crippen LogP contribution is 2.22. The van der Waals surface area contributed by atoms with Gasteiger partial charge in [0.05, 0.1) is 5.25 Å². The van der Waals surface area contributed by atoms with Crippen molar-refractivity contribution in [2.45, 2.75) is 32.4 Å². The Morgan fingerprint density at radius 2 is 2.00 bits per heavy atom. The Hall–Kier alpha value is -1.89. The Morgan fingerprint density at radius 3 is 2.59 bits per heavy atom. The molecular formula is C15H22N4O2S. The van der Waals surface area contributed by atoms with Gasteiger partial charge in [-0.15, -0.1) is 10.2 Å². The predicted octanol–water partition coefficient (Wildman–Crippen LogP) is 2.66. The summed E-state index contributed by atoms with van der Waals surface area (Å²) >= 11 is 0. The van der Waals surface area contributed by atoms with E-state index >= 15 is 0 Å². The molecule has 0 fully saturated rings. The van der Waals surface area contributed by atoms with Gasteiger partial charge in [0.2, 0.25) is 10.0 Å². The van der Waals surface area contributed by atoms with Gasteiger partial charge >= 0.3 is 0 Å². The van der Waals surface area contributed by atoms with E-state index < -0.39 is 15.3 Å². The number of aryl methyl sites for hydroxylation is 1. The summed E-state index contributed by atoms with van der Waals surface area (Å²) in [6.07, 6.45) is 2.23. The molecule has 0 aliphatic carbocycles. The number of anilines is 1. The smallest absolute Gasteiger partial charge is 0.235 e. The molecule has 0 unspecified atom stereocenters. The van der Waals surface area contributed by atoms with E-state index in [4.69, 9.17) is 0 Å². The van der Waals surface area contributed by atoms with Gasteiger partial charge in [-0.25, -0.2) is 8.42 Å². The second kappa shape index (κ2) is 6.48. The lowest BCUT2D eigenvalue weighted by molar-refractivity contribution is 0.540. The van der Waals surface area contributed by atoms with E-state index in [0.717, 1.165) is 5.56 Å². The molecule has 0 bridgehead atoms. The predicted molar refractivity (Wildman–Crippen MR) is 87.9 cm³/mol. The van der Waals surface area contributed by atoms with Crippen molar-refractivity contribution in [3.63, 3.8) is 0 Å². The van der Waals surface area contributed by atoms with E-state index in [9.17, 15) is 8.42 Å². The molecule has 6 nitrogen and oxygen atoms in total. The summed E-state index contributed by atoms with van der Waals surface area (Å²) in [5.41, 5.74) is 1.35. The summed E-state index contributed by atoms with van der Waals surface area (Å²) < 4.78 is 29.2. The molecule has 0 spiro atoms. The van der Waals surface area contributed by atoms with Gasteiger partial charge in [0.1, 0.15) is 6.33 Å². The van der Waals surface area contributed by atoms with Gasteiger partial charge in [-0.1, -0.05) is 26.0 Å². The number of hydrogen-bond acceptors (Lipinski definition) is 4. The lowest BCUT2D eigenvalue weighted by Gasteiger charge is -2.16. The Labute approximate surface area is 131 Å². The fraction of sp³-hybridized carbons (Fsp3) is 0.467. The van der Waals surface area contributed by atoms with Gasteiger partial charge in [0.25, 0.3) is 0 Å². The minimum atomic E-state index is -3.40. The minimum absolute atomic E-state index is 0.330. The van der Waals surface area contributed by atoms with Crippen LogP contribution in [0.2, 0.25) is 0 Å². The van der Waals surface area contributed by atoms with Crippen LogP contribution in [0, 0.1) is 5.92 Å². The van der Waals surface area contributed by atoms with E-state index in [1.807, 2.05) is 27.0 Å². The van der Waals surface area contributed by atoms with Crippen molar-refractivity contribution < 1.29 is 8.42 Å². The quantitative estimate of drug-likeness (QED) is 0.887. The van der Waals surface area contributed by atoms with Crippen LogP contribution >= 0.6 is 0 Å². The molecule has 1 atom stereocenters. The molecule has 1 aromatic heterocycles. The van der Waals surface area contributed by atoms with Gasteiger partial charge < -0.3 is 4.57 Å². The van der Waals surface area contributed by atoms with Crippen molar-refractivity contribution in [3.05, 3.63) is 30.6 Å². The van der Waals surface area contributed by atoms with Crippen molar-refractivity contribution in [3.8, 4) is 11.4 Å². The van der Waals surface area contributed by atoms with Crippen LogP contribution in [0.3, 0.4) is 0 Å². The maximum Gasteiger partial charge on any atom is 0.235 e. The molecule has 0 amide bonds. The van der Waals surface area contributed by atoms with Gasteiger partial charge in [-0.2, -0.15) is 0 Å². The van der Waals surface area contributed by atoms with Crippen LogP contribution in [0.4, 0.5) is 5.69 Å². The molecule has 22 heavy (non-hydrogen) atoms. The van der Waals surface area contributed by atoms with Crippen LogP contribution in [0.15, 0.2) is 30.6 Å². The molecule has 1 N–H and O–H groups in total. The maximum absolute atomic E-state index is 12.4. The van der Waals surface area contributed by atoms with Crippen LogP contribution in [0.5, 0.6) is 0 Å². The fourth-order valence-corrected chi connectivity index (χ4v) is 3.62. The summed E-state index contributed by atoms with van der Waals surface area (Å²) in [6.45, 7) is 5.76. The second-order valence-corrected chi connectivity index (χ2v) is 8.03. The first-order valence-electron chi connectivity index (χ1n) is 7.25. The Bertz CT molecular complexity index is 738. The molecule has 0 radical (unpaired) electrons. The largest absolute Gasteiger partial charge is 0.317 e. The molecule has 2 aromatic rings. The summed E-state index contributed by atoms with van der Waals surface area (Å²) in [5.74, 6) is 1.02.